The zero-order valence-corrected chi connectivity index (χ0v) is 15.9. The van der Waals surface area contributed by atoms with Crippen LogP contribution in [0, 0.1) is 13.8 Å². The maximum absolute atomic E-state index is 12.6. The van der Waals surface area contributed by atoms with Crippen LogP contribution in [0.5, 0.6) is 0 Å². The van der Waals surface area contributed by atoms with Gasteiger partial charge in [-0.2, -0.15) is 0 Å². The van der Waals surface area contributed by atoms with Crippen molar-refractivity contribution >= 4 is 32.0 Å². The summed E-state index contributed by atoms with van der Waals surface area (Å²) in [5.41, 5.74) is 4.16. The molecule has 2 aromatic heterocycles. The number of sulfonamides is 1. The van der Waals surface area contributed by atoms with Gasteiger partial charge in [-0.05, 0) is 49.2 Å². The van der Waals surface area contributed by atoms with Crippen LogP contribution in [0.4, 0.5) is 5.69 Å². The van der Waals surface area contributed by atoms with Gasteiger partial charge in [0.2, 0.25) is 0 Å². The first-order chi connectivity index (χ1) is 12.4. The summed E-state index contributed by atoms with van der Waals surface area (Å²) in [6.07, 6.45) is 3.92. The van der Waals surface area contributed by atoms with Crippen molar-refractivity contribution in [3.63, 3.8) is 0 Å². The Morgan fingerprint density at radius 2 is 1.73 bits per heavy atom. The average molecular weight is 383 g/mol. The van der Waals surface area contributed by atoms with Crippen LogP contribution in [0.2, 0.25) is 0 Å². The number of rotatable bonds is 4. The van der Waals surface area contributed by atoms with Crippen molar-refractivity contribution in [2.45, 2.75) is 18.7 Å². The van der Waals surface area contributed by atoms with Crippen molar-refractivity contribution in [2.75, 3.05) is 4.72 Å². The van der Waals surface area contributed by atoms with E-state index in [2.05, 4.69) is 9.71 Å². The minimum Gasteiger partial charge on any atom is -0.297 e. The number of nitrogens with one attached hydrogen (secondary N) is 1. The van der Waals surface area contributed by atoms with Gasteiger partial charge in [0.05, 0.1) is 10.6 Å². The molecule has 0 saturated heterocycles. The van der Waals surface area contributed by atoms with Crippen LogP contribution in [-0.2, 0) is 10.0 Å². The third kappa shape index (κ3) is 3.23. The zero-order valence-electron chi connectivity index (χ0n) is 14.3. The number of aromatic nitrogens is 2. The number of thiazole rings is 1. The molecule has 132 valence electrons. The molecule has 0 aliphatic rings. The number of fused-ring (bicyclic) bond motifs is 1. The van der Waals surface area contributed by atoms with Crippen molar-refractivity contribution in [3.8, 4) is 11.3 Å². The Hall–Kier alpha value is -2.64. The van der Waals surface area contributed by atoms with E-state index in [4.69, 9.17) is 0 Å². The number of hydrogen-bond donors (Lipinski definition) is 1. The van der Waals surface area contributed by atoms with Crippen LogP contribution in [0.1, 0.15) is 11.1 Å². The molecule has 4 rings (SSSR count). The lowest BCUT2D eigenvalue weighted by Crippen LogP contribution is -2.13. The minimum atomic E-state index is -3.62. The van der Waals surface area contributed by atoms with Crippen LogP contribution >= 0.6 is 11.3 Å². The highest BCUT2D eigenvalue weighted by Gasteiger charge is 2.15. The quantitative estimate of drug-likeness (QED) is 0.565. The van der Waals surface area contributed by atoms with E-state index in [1.165, 1.54) is 0 Å². The van der Waals surface area contributed by atoms with Crippen molar-refractivity contribution < 1.29 is 8.42 Å². The summed E-state index contributed by atoms with van der Waals surface area (Å²) in [5, 5.41) is 1.98. The lowest BCUT2D eigenvalue weighted by atomic mass is 10.1. The summed E-state index contributed by atoms with van der Waals surface area (Å²) in [5.74, 6) is 0. The van der Waals surface area contributed by atoms with Gasteiger partial charge in [-0.15, -0.1) is 11.3 Å². The number of hydrogen-bond acceptors (Lipinski definition) is 4. The Morgan fingerprint density at radius 3 is 2.38 bits per heavy atom. The first kappa shape index (κ1) is 16.8. The lowest BCUT2D eigenvalue weighted by molar-refractivity contribution is 0.601. The Morgan fingerprint density at radius 1 is 1.04 bits per heavy atom. The number of anilines is 1. The van der Waals surface area contributed by atoms with Crippen molar-refractivity contribution in [3.05, 3.63) is 71.4 Å². The summed E-state index contributed by atoms with van der Waals surface area (Å²) in [4.78, 5) is 5.76. The van der Waals surface area contributed by atoms with E-state index in [0.29, 0.717) is 5.69 Å². The molecule has 0 aliphatic carbocycles. The highest BCUT2D eigenvalue weighted by Crippen LogP contribution is 2.24. The van der Waals surface area contributed by atoms with E-state index in [1.807, 2.05) is 54.2 Å². The van der Waals surface area contributed by atoms with Crippen molar-refractivity contribution in [1.82, 2.24) is 9.38 Å². The SMILES string of the molecule is Cc1cc(C)cc(S(=O)(=O)Nc2ccc(-c3cn4ccsc4n3)cc2)c1. The fourth-order valence-electron chi connectivity index (χ4n) is 2.88. The monoisotopic (exact) mass is 383 g/mol. The third-order valence-corrected chi connectivity index (χ3v) is 6.16. The predicted molar refractivity (Wildman–Crippen MR) is 105 cm³/mol. The Balaban J connectivity index is 1.59. The Kier molecular flexibility index (Phi) is 4.05. The summed E-state index contributed by atoms with van der Waals surface area (Å²) in [6.45, 7) is 3.77. The number of benzene rings is 2. The molecule has 7 heteroatoms. The van der Waals surface area contributed by atoms with Crippen molar-refractivity contribution in [2.24, 2.45) is 0 Å². The molecule has 1 N–H and O–H groups in total. The molecule has 0 radical (unpaired) electrons. The minimum absolute atomic E-state index is 0.272. The average Bonchev–Trinajstić information content (AvgIpc) is 3.16. The van der Waals surface area contributed by atoms with Crippen LogP contribution in [-0.4, -0.2) is 17.8 Å². The first-order valence-electron chi connectivity index (χ1n) is 8.04. The largest absolute Gasteiger partial charge is 0.297 e. The van der Waals surface area contributed by atoms with Crippen LogP contribution in [0.15, 0.2) is 65.1 Å². The van der Waals surface area contributed by atoms with Crippen LogP contribution < -0.4 is 4.72 Å². The van der Waals surface area contributed by atoms with Gasteiger partial charge in [-0.1, -0.05) is 18.2 Å². The highest BCUT2D eigenvalue weighted by molar-refractivity contribution is 7.92. The van der Waals surface area contributed by atoms with Gasteiger partial charge in [0, 0.05) is 29.0 Å². The normalized spacial score (nSPS) is 11.8. The topological polar surface area (TPSA) is 63.5 Å². The Bertz CT molecular complexity index is 1140. The second kappa shape index (κ2) is 6.26. The number of aryl methyl sites for hydroxylation is 2. The van der Waals surface area contributed by atoms with E-state index in [-0.39, 0.29) is 4.90 Å². The van der Waals surface area contributed by atoms with Gasteiger partial charge in [-0.25, -0.2) is 13.4 Å². The first-order valence-corrected chi connectivity index (χ1v) is 10.4. The summed E-state index contributed by atoms with van der Waals surface area (Å²) in [7, 11) is -3.62. The molecule has 0 atom stereocenters. The number of nitrogens with zero attached hydrogens (tertiary/aromatic N) is 2. The molecule has 0 fully saturated rings. The van der Waals surface area contributed by atoms with Gasteiger partial charge in [0.25, 0.3) is 10.0 Å². The molecule has 0 spiro atoms. The molecule has 0 aliphatic heterocycles. The van der Waals surface area contributed by atoms with Crippen molar-refractivity contribution in [1.29, 1.82) is 0 Å². The summed E-state index contributed by atoms with van der Waals surface area (Å²) < 4.78 is 29.8. The fraction of sp³-hybridized carbons (Fsp3) is 0.105. The maximum atomic E-state index is 12.6. The zero-order chi connectivity index (χ0) is 18.3. The van der Waals surface area contributed by atoms with Crippen LogP contribution in [0.3, 0.4) is 0 Å². The standard InChI is InChI=1S/C19H17N3O2S2/c1-13-9-14(2)11-17(10-13)26(23,24)21-16-5-3-15(4-6-16)18-12-22-7-8-25-19(22)20-18/h3-12,21H,1-2H3. The summed E-state index contributed by atoms with van der Waals surface area (Å²) in [6, 6.07) is 12.5. The smallest absolute Gasteiger partial charge is 0.261 e. The maximum Gasteiger partial charge on any atom is 0.261 e. The van der Waals surface area contributed by atoms with E-state index >= 15 is 0 Å². The van der Waals surface area contributed by atoms with Gasteiger partial charge in [0.1, 0.15) is 0 Å². The molecule has 0 unspecified atom stereocenters. The molecular formula is C19H17N3O2S2. The van der Waals surface area contributed by atoms with E-state index < -0.39 is 10.0 Å². The molecule has 5 nitrogen and oxygen atoms in total. The van der Waals surface area contributed by atoms with E-state index in [0.717, 1.165) is 27.3 Å². The summed E-state index contributed by atoms with van der Waals surface area (Å²) >= 11 is 1.57. The second-order valence-electron chi connectivity index (χ2n) is 6.23. The molecule has 2 heterocycles. The van der Waals surface area contributed by atoms with Gasteiger partial charge in [-0.3, -0.25) is 9.12 Å². The molecule has 0 bridgehead atoms. The second-order valence-corrected chi connectivity index (χ2v) is 8.78. The van der Waals surface area contributed by atoms with Gasteiger partial charge < -0.3 is 0 Å². The molecule has 0 amide bonds. The number of imidazole rings is 1. The Labute approximate surface area is 156 Å². The molecule has 2 aromatic carbocycles. The lowest BCUT2D eigenvalue weighted by Gasteiger charge is -2.10. The predicted octanol–water partition coefficient (Wildman–Crippen LogP) is 4.48. The molecule has 26 heavy (non-hydrogen) atoms. The van der Waals surface area contributed by atoms with Gasteiger partial charge >= 0.3 is 0 Å². The van der Waals surface area contributed by atoms with Gasteiger partial charge in [0.15, 0.2) is 4.96 Å². The third-order valence-electron chi connectivity index (χ3n) is 4.03. The van der Waals surface area contributed by atoms with Crippen LogP contribution in [0.25, 0.3) is 16.2 Å². The van der Waals surface area contributed by atoms with E-state index in [9.17, 15) is 8.42 Å². The van der Waals surface area contributed by atoms with E-state index in [1.54, 1.807) is 35.6 Å². The fourth-order valence-corrected chi connectivity index (χ4v) is 4.82. The highest BCUT2D eigenvalue weighted by atomic mass is 32.2. The molecular weight excluding hydrogens is 366 g/mol. The molecule has 4 aromatic rings. The molecule has 0 saturated carbocycles.